The molecule has 0 saturated heterocycles. The molecule has 0 bridgehead atoms. The van der Waals surface area contributed by atoms with Gasteiger partial charge in [0.1, 0.15) is 0 Å². The fourth-order valence-corrected chi connectivity index (χ4v) is 2.85. The van der Waals surface area contributed by atoms with E-state index in [0.29, 0.717) is 19.5 Å². The summed E-state index contributed by atoms with van der Waals surface area (Å²) >= 11 is 0. The summed E-state index contributed by atoms with van der Waals surface area (Å²) in [6, 6.07) is 8.01. The molecule has 1 aliphatic carbocycles. The van der Waals surface area contributed by atoms with Crippen LogP contribution in [0.25, 0.3) is 0 Å². The molecule has 2 rings (SSSR count). The van der Waals surface area contributed by atoms with Crippen LogP contribution in [-0.2, 0) is 17.9 Å². The Morgan fingerprint density at radius 3 is 2.58 bits per heavy atom. The second-order valence-electron chi connectivity index (χ2n) is 5.44. The van der Waals surface area contributed by atoms with E-state index in [1.165, 1.54) is 25.7 Å². The maximum Gasteiger partial charge on any atom is 0.220 e. The van der Waals surface area contributed by atoms with E-state index in [-0.39, 0.29) is 5.91 Å². The molecular weight excluding hydrogens is 236 g/mol. The Hall–Kier alpha value is -1.35. The number of benzene rings is 1. The third-order valence-electron chi connectivity index (χ3n) is 4.07. The van der Waals surface area contributed by atoms with Gasteiger partial charge in [0, 0.05) is 19.5 Å². The van der Waals surface area contributed by atoms with Gasteiger partial charge in [0.25, 0.3) is 0 Å². The third kappa shape index (κ3) is 4.35. The summed E-state index contributed by atoms with van der Waals surface area (Å²) in [6.07, 6.45) is 7.01. The van der Waals surface area contributed by atoms with Crippen LogP contribution >= 0.6 is 0 Å². The van der Waals surface area contributed by atoms with Gasteiger partial charge in [0.2, 0.25) is 5.91 Å². The van der Waals surface area contributed by atoms with E-state index >= 15 is 0 Å². The second-order valence-corrected chi connectivity index (χ2v) is 5.44. The number of amides is 1. The minimum Gasteiger partial charge on any atom is -0.352 e. The number of rotatable bonds is 6. The number of nitrogens with one attached hydrogen (secondary N) is 1. The number of carbonyl (C=O) groups excluding carboxylic acids is 1. The largest absolute Gasteiger partial charge is 0.352 e. The van der Waals surface area contributed by atoms with Crippen molar-refractivity contribution in [3.63, 3.8) is 0 Å². The number of hydrogen-bond donors (Lipinski definition) is 2. The minimum atomic E-state index is 0.165. The summed E-state index contributed by atoms with van der Waals surface area (Å²) in [4.78, 5) is 11.8. The van der Waals surface area contributed by atoms with Gasteiger partial charge < -0.3 is 11.1 Å². The van der Waals surface area contributed by atoms with E-state index in [2.05, 4.69) is 5.32 Å². The summed E-state index contributed by atoms with van der Waals surface area (Å²) in [5.74, 6) is 0.945. The molecule has 1 aromatic carbocycles. The lowest BCUT2D eigenvalue weighted by Gasteiger charge is -2.11. The molecule has 0 aromatic heterocycles. The summed E-state index contributed by atoms with van der Waals surface area (Å²) < 4.78 is 0. The van der Waals surface area contributed by atoms with Crippen molar-refractivity contribution in [3.05, 3.63) is 35.4 Å². The van der Waals surface area contributed by atoms with E-state index < -0.39 is 0 Å². The molecule has 1 aliphatic rings. The average Bonchev–Trinajstić information content (AvgIpc) is 2.96. The van der Waals surface area contributed by atoms with Crippen molar-refractivity contribution in [2.45, 2.75) is 51.6 Å². The molecule has 3 nitrogen and oxygen atoms in total. The lowest BCUT2D eigenvalue weighted by molar-refractivity contribution is -0.121. The Morgan fingerprint density at radius 1 is 1.21 bits per heavy atom. The lowest BCUT2D eigenvalue weighted by Crippen LogP contribution is -2.23. The molecule has 3 N–H and O–H groups in total. The maximum atomic E-state index is 11.8. The van der Waals surface area contributed by atoms with Crippen LogP contribution in [0.5, 0.6) is 0 Å². The standard InChI is InChI=1S/C16H24N2O/c17-11-14-7-3-4-8-15(14)12-18-16(19)10-9-13-5-1-2-6-13/h3-4,7-8,13H,1-2,5-6,9-12,17H2,(H,18,19). The SMILES string of the molecule is NCc1ccccc1CNC(=O)CCC1CCCC1. The summed E-state index contributed by atoms with van der Waals surface area (Å²) in [7, 11) is 0. The molecule has 0 atom stereocenters. The number of nitrogens with two attached hydrogens (primary N) is 1. The molecule has 0 aliphatic heterocycles. The molecule has 1 amide bonds. The molecule has 104 valence electrons. The van der Waals surface area contributed by atoms with Gasteiger partial charge in [-0.25, -0.2) is 0 Å². The van der Waals surface area contributed by atoms with Gasteiger partial charge in [-0.3, -0.25) is 4.79 Å². The van der Waals surface area contributed by atoms with Crippen molar-refractivity contribution >= 4 is 5.91 Å². The molecule has 0 radical (unpaired) electrons. The van der Waals surface area contributed by atoms with Crippen molar-refractivity contribution in [1.82, 2.24) is 5.32 Å². The van der Waals surface area contributed by atoms with E-state index in [1.54, 1.807) is 0 Å². The first-order chi connectivity index (χ1) is 9.29. The molecular formula is C16H24N2O. The molecule has 3 heteroatoms. The molecule has 19 heavy (non-hydrogen) atoms. The van der Waals surface area contributed by atoms with Crippen LogP contribution in [0.15, 0.2) is 24.3 Å². The van der Waals surface area contributed by atoms with Crippen molar-refractivity contribution < 1.29 is 4.79 Å². The van der Waals surface area contributed by atoms with Gasteiger partial charge in [-0.1, -0.05) is 49.9 Å². The maximum absolute atomic E-state index is 11.8. The number of carbonyl (C=O) groups is 1. The molecule has 1 saturated carbocycles. The predicted octanol–water partition coefficient (Wildman–Crippen LogP) is 2.73. The Bertz CT molecular complexity index is 411. The smallest absolute Gasteiger partial charge is 0.220 e. The van der Waals surface area contributed by atoms with Gasteiger partial charge in [-0.05, 0) is 23.5 Å². The third-order valence-corrected chi connectivity index (χ3v) is 4.07. The van der Waals surface area contributed by atoms with E-state index in [9.17, 15) is 4.79 Å². The van der Waals surface area contributed by atoms with E-state index in [0.717, 1.165) is 23.5 Å². The van der Waals surface area contributed by atoms with Gasteiger partial charge in [0.05, 0.1) is 0 Å². The summed E-state index contributed by atoms with van der Waals surface area (Å²) in [6.45, 7) is 1.12. The first kappa shape index (κ1) is 14.1. The van der Waals surface area contributed by atoms with E-state index in [1.807, 2.05) is 24.3 Å². The Labute approximate surface area is 115 Å². The van der Waals surface area contributed by atoms with Crippen molar-refractivity contribution in [2.24, 2.45) is 11.7 Å². The van der Waals surface area contributed by atoms with Gasteiger partial charge >= 0.3 is 0 Å². The van der Waals surface area contributed by atoms with Crippen molar-refractivity contribution in [3.8, 4) is 0 Å². The van der Waals surface area contributed by atoms with Crippen LogP contribution in [0.3, 0.4) is 0 Å². The zero-order valence-corrected chi connectivity index (χ0v) is 11.5. The highest BCUT2D eigenvalue weighted by molar-refractivity contribution is 5.75. The Kier molecular flexibility index (Phi) is 5.40. The van der Waals surface area contributed by atoms with Crippen LogP contribution in [0.1, 0.15) is 49.7 Å². The van der Waals surface area contributed by atoms with Crippen molar-refractivity contribution in [1.29, 1.82) is 0 Å². The fourth-order valence-electron chi connectivity index (χ4n) is 2.85. The normalized spacial score (nSPS) is 15.6. The van der Waals surface area contributed by atoms with Crippen LogP contribution in [0, 0.1) is 5.92 Å². The summed E-state index contributed by atoms with van der Waals surface area (Å²) in [5, 5.41) is 3.00. The molecule has 0 unspecified atom stereocenters. The fraction of sp³-hybridized carbons (Fsp3) is 0.562. The highest BCUT2D eigenvalue weighted by Gasteiger charge is 2.16. The van der Waals surface area contributed by atoms with Crippen LogP contribution < -0.4 is 11.1 Å². The highest BCUT2D eigenvalue weighted by atomic mass is 16.1. The minimum absolute atomic E-state index is 0.165. The predicted molar refractivity (Wildman–Crippen MR) is 77.4 cm³/mol. The van der Waals surface area contributed by atoms with Crippen LogP contribution in [0.4, 0.5) is 0 Å². The first-order valence-electron chi connectivity index (χ1n) is 7.33. The highest BCUT2D eigenvalue weighted by Crippen LogP contribution is 2.28. The van der Waals surface area contributed by atoms with Crippen LogP contribution in [-0.4, -0.2) is 5.91 Å². The molecule has 0 heterocycles. The number of hydrogen-bond acceptors (Lipinski definition) is 2. The first-order valence-corrected chi connectivity index (χ1v) is 7.33. The average molecular weight is 260 g/mol. The molecule has 1 aromatic rings. The lowest BCUT2D eigenvalue weighted by atomic mass is 10.0. The van der Waals surface area contributed by atoms with Gasteiger partial charge in [-0.2, -0.15) is 0 Å². The zero-order chi connectivity index (χ0) is 13.5. The second kappa shape index (κ2) is 7.29. The quantitative estimate of drug-likeness (QED) is 0.826. The van der Waals surface area contributed by atoms with Gasteiger partial charge in [0.15, 0.2) is 0 Å². The Balaban J connectivity index is 1.73. The van der Waals surface area contributed by atoms with Crippen molar-refractivity contribution in [2.75, 3.05) is 0 Å². The monoisotopic (exact) mass is 260 g/mol. The topological polar surface area (TPSA) is 55.1 Å². The molecule has 0 spiro atoms. The van der Waals surface area contributed by atoms with Gasteiger partial charge in [-0.15, -0.1) is 0 Å². The Morgan fingerprint density at radius 2 is 1.89 bits per heavy atom. The molecule has 1 fully saturated rings. The van der Waals surface area contributed by atoms with E-state index in [4.69, 9.17) is 5.73 Å². The zero-order valence-electron chi connectivity index (χ0n) is 11.5. The van der Waals surface area contributed by atoms with Crippen LogP contribution in [0.2, 0.25) is 0 Å². The summed E-state index contributed by atoms with van der Waals surface area (Å²) in [5.41, 5.74) is 7.92.